The number of rotatable bonds is 1. The molecule has 11 heavy (non-hydrogen) atoms. The molecule has 0 fully saturated rings. The molecule has 1 rings (SSSR count). The standard InChI is InChI=1S/C5H3ClN2O3/c6-4-1-2-7(9)5(3-4)8(10)11/h1-3H. The average Bonchev–Trinajstić information content (AvgIpc) is 1.94. The van der Waals surface area contributed by atoms with Crippen LogP contribution < -0.4 is 4.73 Å². The van der Waals surface area contributed by atoms with E-state index in [-0.39, 0.29) is 9.75 Å². The molecule has 1 heterocycles. The number of halogens is 1. The fraction of sp³-hybridized carbons (Fsp3) is 0. The summed E-state index contributed by atoms with van der Waals surface area (Å²) >= 11 is 5.40. The third kappa shape index (κ3) is 1.56. The van der Waals surface area contributed by atoms with E-state index in [1.54, 1.807) is 0 Å². The number of hydrogen-bond donors (Lipinski definition) is 0. The van der Waals surface area contributed by atoms with Gasteiger partial charge in [0.25, 0.3) is 0 Å². The highest BCUT2D eigenvalue weighted by Crippen LogP contribution is 2.11. The predicted molar refractivity (Wildman–Crippen MR) is 37.1 cm³/mol. The first-order chi connectivity index (χ1) is 5.11. The Morgan fingerprint density at radius 2 is 2.27 bits per heavy atom. The van der Waals surface area contributed by atoms with Gasteiger partial charge in [-0.2, -0.15) is 0 Å². The van der Waals surface area contributed by atoms with Gasteiger partial charge in [-0.3, -0.25) is 10.1 Å². The van der Waals surface area contributed by atoms with Crippen molar-refractivity contribution in [2.45, 2.75) is 0 Å². The molecule has 0 bridgehead atoms. The quantitative estimate of drug-likeness (QED) is 0.275. The van der Waals surface area contributed by atoms with Crippen LogP contribution in [0, 0.1) is 15.3 Å². The molecule has 0 aliphatic heterocycles. The van der Waals surface area contributed by atoms with Crippen molar-refractivity contribution in [2.24, 2.45) is 0 Å². The Morgan fingerprint density at radius 1 is 1.64 bits per heavy atom. The molecule has 0 aromatic carbocycles. The van der Waals surface area contributed by atoms with E-state index in [1.807, 2.05) is 0 Å². The fourth-order valence-electron chi connectivity index (χ4n) is 0.584. The lowest BCUT2D eigenvalue weighted by atomic mass is 10.5. The number of pyridine rings is 1. The summed E-state index contributed by atoms with van der Waals surface area (Å²) in [5.74, 6) is -0.572. The summed E-state index contributed by atoms with van der Waals surface area (Å²) in [5.41, 5.74) is 0. The van der Waals surface area contributed by atoms with E-state index in [1.165, 1.54) is 6.07 Å². The van der Waals surface area contributed by atoms with E-state index in [2.05, 4.69) is 0 Å². The van der Waals surface area contributed by atoms with Gasteiger partial charge in [0.15, 0.2) is 6.20 Å². The van der Waals surface area contributed by atoms with Crippen LogP contribution in [-0.2, 0) is 0 Å². The summed E-state index contributed by atoms with van der Waals surface area (Å²) in [4.78, 5) is 9.31. The van der Waals surface area contributed by atoms with Crippen LogP contribution >= 0.6 is 11.6 Å². The van der Waals surface area contributed by atoms with Crippen LogP contribution in [0.25, 0.3) is 0 Å². The normalized spacial score (nSPS) is 9.55. The van der Waals surface area contributed by atoms with Crippen molar-refractivity contribution in [1.29, 1.82) is 0 Å². The van der Waals surface area contributed by atoms with Gasteiger partial charge in [-0.15, -0.1) is 4.73 Å². The highest BCUT2D eigenvalue weighted by molar-refractivity contribution is 6.30. The Kier molecular flexibility index (Phi) is 1.91. The van der Waals surface area contributed by atoms with E-state index in [9.17, 15) is 15.3 Å². The van der Waals surface area contributed by atoms with Crippen LogP contribution in [0.15, 0.2) is 18.3 Å². The summed E-state index contributed by atoms with van der Waals surface area (Å²) in [6.07, 6.45) is 0.987. The number of hydrogen-bond acceptors (Lipinski definition) is 3. The third-order valence-corrected chi connectivity index (χ3v) is 1.28. The minimum atomic E-state index is -0.793. The van der Waals surface area contributed by atoms with Crippen molar-refractivity contribution >= 4 is 17.4 Å². The van der Waals surface area contributed by atoms with E-state index >= 15 is 0 Å². The van der Waals surface area contributed by atoms with Crippen molar-refractivity contribution < 1.29 is 9.65 Å². The van der Waals surface area contributed by atoms with Gasteiger partial charge in [-0.05, 0) is 0 Å². The summed E-state index contributed by atoms with van der Waals surface area (Å²) in [7, 11) is 0. The van der Waals surface area contributed by atoms with Gasteiger partial charge >= 0.3 is 5.82 Å². The van der Waals surface area contributed by atoms with Gasteiger partial charge < -0.3 is 5.21 Å². The first-order valence-corrected chi connectivity index (χ1v) is 3.02. The van der Waals surface area contributed by atoms with Crippen molar-refractivity contribution in [3.63, 3.8) is 0 Å². The molecule has 0 aliphatic rings. The zero-order chi connectivity index (χ0) is 8.43. The van der Waals surface area contributed by atoms with Crippen LogP contribution in [0.1, 0.15) is 0 Å². The fourth-order valence-corrected chi connectivity index (χ4v) is 0.737. The Labute approximate surface area is 66.6 Å². The van der Waals surface area contributed by atoms with Crippen LogP contribution in [0.2, 0.25) is 5.02 Å². The minimum absolute atomic E-state index is 0.145. The smallest absolute Gasteiger partial charge is 0.514 e. The molecule has 0 atom stereocenters. The number of nitrogens with zero attached hydrogens (tertiary/aromatic N) is 2. The lowest BCUT2D eigenvalue weighted by Gasteiger charge is -1.94. The summed E-state index contributed by atoms with van der Waals surface area (Å²) in [6, 6.07) is 2.27. The monoisotopic (exact) mass is 174 g/mol. The molecule has 0 N–H and O–H groups in total. The molecular weight excluding hydrogens is 172 g/mol. The number of nitro groups is 1. The first-order valence-electron chi connectivity index (χ1n) is 2.64. The molecule has 1 aromatic heterocycles. The second-order valence-electron chi connectivity index (χ2n) is 1.79. The molecule has 0 amide bonds. The summed E-state index contributed by atoms with van der Waals surface area (Å²) in [5, 5.41) is 20.9. The second kappa shape index (κ2) is 2.71. The van der Waals surface area contributed by atoms with Gasteiger partial charge in [-0.25, -0.2) is 0 Å². The van der Waals surface area contributed by atoms with Crippen molar-refractivity contribution in [2.75, 3.05) is 0 Å². The SMILES string of the molecule is O=[N+]([O-])c1cc(Cl)cc[n+]1[O-]. The molecule has 0 unspecified atom stereocenters. The van der Waals surface area contributed by atoms with Gasteiger partial charge in [-0.1, -0.05) is 11.6 Å². The molecule has 58 valence electrons. The van der Waals surface area contributed by atoms with Crippen LogP contribution in [0.4, 0.5) is 5.82 Å². The predicted octanol–water partition coefficient (Wildman–Crippen LogP) is 0.882. The number of aromatic nitrogens is 1. The maximum absolute atomic E-state index is 10.6. The van der Waals surface area contributed by atoms with Crippen LogP contribution in [-0.4, -0.2) is 4.92 Å². The maximum atomic E-state index is 10.6. The van der Waals surface area contributed by atoms with Crippen molar-refractivity contribution in [1.82, 2.24) is 0 Å². The molecular formula is C5H3ClN2O3. The lowest BCUT2D eigenvalue weighted by Crippen LogP contribution is -2.28. The molecule has 0 saturated heterocycles. The minimum Gasteiger partial charge on any atom is -0.614 e. The topological polar surface area (TPSA) is 70.1 Å². The van der Waals surface area contributed by atoms with Gasteiger partial charge in [0, 0.05) is 6.07 Å². The molecule has 0 radical (unpaired) electrons. The zero-order valence-corrected chi connectivity index (χ0v) is 5.99. The largest absolute Gasteiger partial charge is 0.614 e. The summed E-state index contributed by atoms with van der Waals surface area (Å²) < 4.78 is 0.145. The summed E-state index contributed by atoms with van der Waals surface area (Å²) in [6.45, 7) is 0. The Morgan fingerprint density at radius 3 is 2.73 bits per heavy atom. The van der Waals surface area contributed by atoms with Gasteiger partial charge in [0.1, 0.15) is 11.0 Å². The Hall–Kier alpha value is -1.36. The van der Waals surface area contributed by atoms with Gasteiger partial charge in [0.2, 0.25) is 0 Å². The maximum Gasteiger partial charge on any atom is 0.514 e. The second-order valence-corrected chi connectivity index (χ2v) is 2.22. The molecule has 0 aliphatic carbocycles. The highest BCUT2D eigenvalue weighted by atomic mass is 35.5. The van der Waals surface area contributed by atoms with E-state index in [4.69, 9.17) is 11.6 Å². The van der Waals surface area contributed by atoms with E-state index in [0.29, 0.717) is 0 Å². The Balaban J connectivity index is 3.23. The third-order valence-electron chi connectivity index (χ3n) is 1.05. The first kappa shape index (κ1) is 7.74. The molecule has 1 aromatic rings. The average molecular weight is 175 g/mol. The molecule has 6 heteroatoms. The van der Waals surface area contributed by atoms with Crippen LogP contribution in [0.5, 0.6) is 0 Å². The molecule has 5 nitrogen and oxygen atoms in total. The van der Waals surface area contributed by atoms with E-state index < -0.39 is 10.7 Å². The zero-order valence-electron chi connectivity index (χ0n) is 5.23. The molecule has 0 saturated carbocycles. The highest BCUT2D eigenvalue weighted by Gasteiger charge is 2.17. The molecule has 0 spiro atoms. The lowest BCUT2D eigenvalue weighted by molar-refractivity contribution is -0.664. The van der Waals surface area contributed by atoms with Crippen molar-refractivity contribution in [3.8, 4) is 0 Å². The van der Waals surface area contributed by atoms with E-state index in [0.717, 1.165) is 12.3 Å². The van der Waals surface area contributed by atoms with Crippen LogP contribution in [0.3, 0.4) is 0 Å². The Bertz CT molecular complexity index is 302. The van der Waals surface area contributed by atoms with Crippen molar-refractivity contribution in [3.05, 3.63) is 38.7 Å². The van der Waals surface area contributed by atoms with Gasteiger partial charge in [0.05, 0.1) is 5.02 Å².